The predicted octanol–water partition coefficient (Wildman–Crippen LogP) is 4.01. The highest BCUT2D eigenvalue weighted by Gasteiger charge is 1.99. The molecule has 2 nitrogen and oxygen atoms in total. The molecule has 0 aliphatic rings. The average Bonchev–Trinajstić information content (AvgIpc) is 2.49. The lowest BCUT2D eigenvalue weighted by Gasteiger charge is -2.08. The minimum absolute atomic E-state index is 0.556. The summed E-state index contributed by atoms with van der Waals surface area (Å²) in [5.74, 6) is 1.98. The quantitative estimate of drug-likeness (QED) is 0.617. The third-order valence-corrected chi connectivity index (χ3v) is 4.30. The van der Waals surface area contributed by atoms with Crippen LogP contribution in [0.5, 0.6) is 5.75 Å². The van der Waals surface area contributed by atoms with Crippen molar-refractivity contribution in [2.24, 2.45) is 5.73 Å². The van der Waals surface area contributed by atoms with Crippen LogP contribution in [0.4, 0.5) is 0 Å². The predicted molar refractivity (Wildman–Crippen MR) is 86.3 cm³/mol. The molecule has 0 spiro atoms. The van der Waals surface area contributed by atoms with E-state index in [2.05, 4.69) is 31.2 Å². The Kier molecular flexibility index (Phi) is 5.96. The first-order valence-electron chi connectivity index (χ1n) is 6.90. The van der Waals surface area contributed by atoms with E-state index in [9.17, 15) is 0 Å². The fourth-order valence-electron chi connectivity index (χ4n) is 1.91. The van der Waals surface area contributed by atoms with Gasteiger partial charge in [0.2, 0.25) is 0 Å². The van der Waals surface area contributed by atoms with Gasteiger partial charge in [0.1, 0.15) is 5.75 Å². The Balaban J connectivity index is 1.70. The van der Waals surface area contributed by atoms with Gasteiger partial charge in [-0.2, -0.15) is 0 Å². The standard InChI is InChI=1S/C17H21NOS/c1-14-6-2-3-9-17(14)20-11-5-10-19-16-8-4-7-15(12-16)13-18/h2-4,6-9,12H,5,10-11,13,18H2,1H3. The van der Waals surface area contributed by atoms with Gasteiger partial charge >= 0.3 is 0 Å². The van der Waals surface area contributed by atoms with Crippen molar-refractivity contribution in [2.75, 3.05) is 12.4 Å². The molecule has 2 N–H and O–H groups in total. The van der Waals surface area contributed by atoms with Gasteiger partial charge in [-0.1, -0.05) is 30.3 Å². The highest BCUT2D eigenvalue weighted by atomic mass is 32.2. The number of rotatable bonds is 7. The molecule has 3 heteroatoms. The van der Waals surface area contributed by atoms with Crippen molar-refractivity contribution in [3.8, 4) is 5.75 Å². The number of hydrogen-bond donors (Lipinski definition) is 1. The molecule has 2 aromatic rings. The molecule has 0 saturated carbocycles. The lowest BCUT2D eigenvalue weighted by Crippen LogP contribution is -2.01. The molecule has 0 amide bonds. The van der Waals surface area contributed by atoms with Crippen LogP contribution in [0.1, 0.15) is 17.5 Å². The molecule has 0 bridgehead atoms. The van der Waals surface area contributed by atoms with Gasteiger partial charge < -0.3 is 10.5 Å². The number of benzene rings is 2. The van der Waals surface area contributed by atoms with Gasteiger partial charge in [0, 0.05) is 17.2 Å². The van der Waals surface area contributed by atoms with Crippen LogP contribution in [0.2, 0.25) is 0 Å². The van der Waals surface area contributed by atoms with Crippen molar-refractivity contribution >= 4 is 11.8 Å². The summed E-state index contributed by atoms with van der Waals surface area (Å²) in [4.78, 5) is 1.36. The summed E-state index contributed by atoms with van der Waals surface area (Å²) in [6.07, 6.45) is 1.03. The molecule has 0 radical (unpaired) electrons. The summed E-state index contributed by atoms with van der Waals surface area (Å²) in [6, 6.07) is 16.5. The van der Waals surface area contributed by atoms with E-state index < -0.39 is 0 Å². The summed E-state index contributed by atoms with van der Waals surface area (Å²) in [5, 5.41) is 0. The molecule has 0 aliphatic carbocycles. The minimum atomic E-state index is 0.556. The Bertz CT molecular complexity index is 542. The summed E-state index contributed by atoms with van der Waals surface area (Å²) in [6.45, 7) is 3.45. The molecule has 0 aromatic heterocycles. The van der Waals surface area contributed by atoms with E-state index in [1.54, 1.807) is 0 Å². The summed E-state index contributed by atoms with van der Waals surface area (Å²) < 4.78 is 5.75. The second-order valence-corrected chi connectivity index (χ2v) is 5.80. The Labute approximate surface area is 125 Å². The van der Waals surface area contributed by atoms with Crippen molar-refractivity contribution in [3.05, 3.63) is 59.7 Å². The Hall–Kier alpha value is -1.45. The van der Waals surface area contributed by atoms with Gasteiger partial charge in [-0.05, 0) is 42.7 Å². The van der Waals surface area contributed by atoms with Crippen molar-refractivity contribution in [1.29, 1.82) is 0 Å². The van der Waals surface area contributed by atoms with Crippen molar-refractivity contribution in [2.45, 2.75) is 24.8 Å². The molecule has 0 saturated heterocycles. The van der Waals surface area contributed by atoms with Crippen LogP contribution >= 0.6 is 11.8 Å². The Morgan fingerprint density at radius 2 is 1.95 bits per heavy atom. The maximum atomic E-state index is 5.75. The normalized spacial score (nSPS) is 10.5. The van der Waals surface area contributed by atoms with Crippen LogP contribution in [0.25, 0.3) is 0 Å². The topological polar surface area (TPSA) is 35.2 Å². The molecule has 0 aliphatic heterocycles. The molecule has 0 fully saturated rings. The third-order valence-electron chi connectivity index (χ3n) is 3.04. The maximum absolute atomic E-state index is 5.75. The molecule has 20 heavy (non-hydrogen) atoms. The van der Waals surface area contributed by atoms with Crippen LogP contribution in [-0.4, -0.2) is 12.4 Å². The molecular weight excluding hydrogens is 266 g/mol. The van der Waals surface area contributed by atoms with Gasteiger partial charge in [-0.25, -0.2) is 0 Å². The monoisotopic (exact) mass is 287 g/mol. The SMILES string of the molecule is Cc1ccccc1SCCCOc1cccc(CN)c1. The maximum Gasteiger partial charge on any atom is 0.119 e. The van der Waals surface area contributed by atoms with Gasteiger partial charge in [-0.3, -0.25) is 0 Å². The number of nitrogens with two attached hydrogens (primary N) is 1. The Morgan fingerprint density at radius 1 is 1.10 bits per heavy atom. The molecule has 2 aromatic carbocycles. The zero-order chi connectivity index (χ0) is 14.2. The highest BCUT2D eigenvalue weighted by molar-refractivity contribution is 7.99. The Morgan fingerprint density at radius 3 is 2.75 bits per heavy atom. The van der Waals surface area contributed by atoms with Crippen molar-refractivity contribution in [1.82, 2.24) is 0 Å². The van der Waals surface area contributed by atoms with Crippen molar-refractivity contribution < 1.29 is 4.74 Å². The van der Waals surface area contributed by atoms with Crippen LogP contribution in [0.15, 0.2) is 53.4 Å². The molecule has 0 heterocycles. The smallest absolute Gasteiger partial charge is 0.119 e. The van der Waals surface area contributed by atoms with Crippen LogP contribution < -0.4 is 10.5 Å². The van der Waals surface area contributed by atoms with Crippen LogP contribution in [-0.2, 0) is 6.54 Å². The van der Waals surface area contributed by atoms with Gasteiger partial charge in [0.05, 0.1) is 6.61 Å². The first-order valence-corrected chi connectivity index (χ1v) is 7.88. The lowest BCUT2D eigenvalue weighted by atomic mass is 10.2. The fraction of sp³-hybridized carbons (Fsp3) is 0.294. The van der Waals surface area contributed by atoms with E-state index in [0.717, 1.165) is 30.1 Å². The highest BCUT2D eigenvalue weighted by Crippen LogP contribution is 2.22. The average molecular weight is 287 g/mol. The van der Waals surface area contributed by atoms with Crippen molar-refractivity contribution in [3.63, 3.8) is 0 Å². The van der Waals surface area contributed by atoms with E-state index in [0.29, 0.717) is 6.54 Å². The van der Waals surface area contributed by atoms with E-state index in [4.69, 9.17) is 10.5 Å². The molecule has 0 atom stereocenters. The second kappa shape index (κ2) is 7.98. The second-order valence-electron chi connectivity index (χ2n) is 4.67. The number of thioether (sulfide) groups is 1. The first-order chi connectivity index (χ1) is 9.79. The summed E-state index contributed by atoms with van der Waals surface area (Å²) in [7, 11) is 0. The first kappa shape index (κ1) is 14.9. The third kappa shape index (κ3) is 4.58. The van der Waals surface area contributed by atoms with E-state index in [-0.39, 0.29) is 0 Å². The molecule has 2 rings (SSSR count). The number of aryl methyl sites for hydroxylation is 1. The van der Waals surface area contributed by atoms with Crippen LogP contribution in [0.3, 0.4) is 0 Å². The largest absolute Gasteiger partial charge is 0.494 e. The lowest BCUT2D eigenvalue weighted by molar-refractivity contribution is 0.318. The zero-order valence-corrected chi connectivity index (χ0v) is 12.7. The zero-order valence-electron chi connectivity index (χ0n) is 11.8. The van der Waals surface area contributed by atoms with Gasteiger partial charge in [0.15, 0.2) is 0 Å². The van der Waals surface area contributed by atoms with Gasteiger partial charge in [0.25, 0.3) is 0 Å². The van der Waals surface area contributed by atoms with E-state index in [1.165, 1.54) is 10.5 Å². The molecule has 0 unspecified atom stereocenters. The fourth-order valence-corrected chi connectivity index (χ4v) is 2.86. The molecular formula is C17H21NOS. The number of ether oxygens (including phenoxy) is 1. The minimum Gasteiger partial charge on any atom is -0.494 e. The van der Waals surface area contributed by atoms with Gasteiger partial charge in [-0.15, -0.1) is 11.8 Å². The molecule has 106 valence electrons. The number of hydrogen-bond acceptors (Lipinski definition) is 3. The summed E-state index contributed by atoms with van der Waals surface area (Å²) >= 11 is 1.89. The van der Waals surface area contributed by atoms with Crippen LogP contribution in [0, 0.1) is 6.92 Å². The van der Waals surface area contributed by atoms with E-state index in [1.807, 2.05) is 36.0 Å². The van der Waals surface area contributed by atoms with E-state index >= 15 is 0 Å². The summed E-state index contributed by atoms with van der Waals surface area (Å²) in [5.41, 5.74) is 8.06.